The van der Waals surface area contributed by atoms with E-state index in [-0.39, 0.29) is 5.91 Å². The molecule has 1 fully saturated rings. The van der Waals surface area contributed by atoms with E-state index in [0.29, 0.717) is 19.1 Å². The van der Waals surface area contributed by atoms with Crippen molar-refractivity contribution in [1.29, 1.82) is 0 Å². The normalized spacial score (nSPS) is 17.6. The van der Waals surface area contributed by atoms with Crippen LogP contribution in [0.25, 0.3) is 0 Å². The van der Waals surface area contributed by atoms with Crippen LogP contribution in [-0.4, -0.2) is 47.0 Å². The molecule has 2 heterocycles. The van der Waals surface area contributed by atoms with Crippen LogP contribution in [-0.2, 0) is 17.8 Å². The number of likely N-dealkylation sites (N-methyl/N-ethyl adjacent to an activating group) is 1. The first-order valence-corrected chi connectivity index (χ1v) is 10.3. The summed E-state index contributed by atoms with van der Waals surface area (Å²) in [6.45, 7) is 1.70. The van der Waals surface area contributed by atoms with Crippen molar-refractivity contribution >= 4 is 29.1 Å². The fraction of sp³-hybridized carbons (Fsp3) is 0.476. The van der Waals surface area contributed by atoms with Crippen LogP contribution in [0, 0.1) is 0 Å². The Hall–Kier alpha value is -2.34. The minimum atomic E-state index is 0.180. The van der Waals surface area contributed by atoms with Gasteiger partial charge < -0.3 is 15.1 Å². The molecule has 0 atom stereocenters. The van der Waals surface area contributed by atoms with Gasteiger partial charge in [0.05, 0.1) is 18.7 Å². The molecule has 0 bridgehead atoms. The Morgan fingerprint density at radius 3 is 2.64 bits per heavy atom. The number of hydrogen-bond acceptors (Lipinski definition) is 5. The lowest BCUT2D eigenvalue weighted by Gasteiger charge is -2.28. The van der Waals surface area contributed by atoms with E-state index in [2.05, 4.69) is 15.3 Å². The number of aromatic nitrogens is 2. The molecular weight excluding hydrogens is 374 g/mol. The van der Waals surface area contributed by atoms with Crippen molar-refractivity contribution in [2.45, 2.75) is 44.7 Å². The zero-order chi connectivity index (χ0) is 19.5. The van der Waals surface area contributed by atoms with Gasteiger partial charge in [-0.3, -0.25) is 4.79 Å². The highest BCUT2D eigenvalue weighted by Crippen LogP contribution is 2.32. The Bertz CT molecular complexity index is 835. The number of nitrogens with one attached hydrogen (secondary N) is 1. The van der Waals surface area contributed by atoms with E-state index in [0.717, 1.165) is 48.0 Å². The van der Waals surface area contributed by atoms with Crippen LogP contribution in [0.4, 0.5) is 11.6 Å². The van der Waals surface area contributed by atoms with Gasteiger partial charge in [0.2, 0.25) is 5.91 Å². The summed E-state index contributed by atoms with van der Waals surface area (Å²) >= 11 is 5.96. The van der Waals surface area contributed by atoms with E-state index in [1.165, 1.54) is 18.4 Å². The molecule has 1 aromatic heterocycles. The maximum atomic E-state index is 12.8. The number of nitrogens with zero attached hydrogens (tertiary/aromatic N) is 4. The number of benzene rings is 1. The van der Waals surface area contributed by atoms with Gasteiger partial charge in [0.25, 0.3) is 0 Å². The first kappa shape index (κ1) is 19.0. The van der Waals surface area contributed by atoms with Gasteiger partial charge >= 0.3 is 0 Å². The van der Waals surface area contributed by atoms with Crippen molar-refractivity contribution in [3.63, 3.8) is 0 Å². The molecule has 4 rings (SSSR count). The summed E-state index contributed by atoms with van der Waals surface area (Å²) in [5.74, 6) is 1.85. The fourth-order valence-electron chi connectivity index (χ4n) is 4.18. The maximum absolute atomic E-state index is 12.8. The molecule has 1 N–H and O–H groups in total. The predicted octanol–water partition coefficient (Wildman–Crippen LogP) is 3.51. The Morgan fingerprint density at radius 2 is 1.89 bits per heavy atom. The van der Waals surface area contributed by atoms with Crippen LogP contribution in [0.2, 0.25) is 5.02 Å². The van der Waals surface area contributed by atoms with E-state index in [1.807, 2.05) is 41.1 Å². The van der Waals surface area contributed by atoms with E-state index in [4.69, 9.17) is 11.6 Å². The molecule has 1 amide bonds. The van der Waals surface area contributed by atoms with Gasteiger partial charge in [-0.25, -0.2) is 9.97 Å². The summed E-state index contributed by atoms with van der Waals surface area (Å²) in [4.78, 5) is 25.8. The third-order valence-electron chi connectivity index (χ3n) is 5.69. The number of rotatable bonds is 5. The molecule has 0 radical (unpaired) electrons. The van der Waals surface area contributed by atoms with E-state index < -0.39 is 0 Å². The lowest BCUT2D eigenvalue weighted by Crippen LogP contribution is -2.41. The first-order valence-electron chi connectivity index (χ1n) is 9.94. The molecule has 2 aliphatic rings. The summed E-state index contributed by atoms with van der Waals surface area (Å²) in [6.07, 6.45) is 7.05. The van der Waals surface area contributed by atoms with Gasteiger partial charge in [0, 0.05) is 24.7 Å². The molecule has 28 heavy (non-hydrogen) atoms. The van der Waals surface area contributed by atoms with Crippen LogP contribution >= 0.6 is 11.6 Å². The van der Waals surface area contributed by atoms with Crippen molar-refractivity contribution in [3.8, 4) is 0 Å². The van der Waals surface area contributed by atoms with Crippen molar-refractivity contribution < 1.29 is 4.79 Å². The smallest absolute Gasteiger partial charge is 0.242 e. The number of fused-ring (bicyclic) bond motifs is 1. The highest BCUT2D eigenvalue weighted by Gasteiger charge is 2.32. The number of hydrogen-bond donors (Lipinski definition) is 1. The second kappa shape index (κ2) is 8.35. The Balaban J connectivity index is 1.52. The van der Waals surface area contributed by atoms with Gasteiger partial charge in [-0.1, -0.05) is 36.6 Å². The molecule has 7 heteroatoms. The van der Waals surface area contributed by atoms with Gasteiger partial charge in [0.1, 0.15) is 18.0 Å². The molecule has 148 valence electrons. The third-order valence-corrected chi connectivity index (χ3v) is 5.94. The van der Waals surface area contributed by atoms with Crippen molar-refractivity contribution in [2.24, 2.45) is 0 Å². The average molecular weight is 400 g/mol. The highest BCUT2D eigenvalue weighted by molar-refractivity contribution is 6.30. The van der Waals surface area contributed by atoms with E-state index in [9.17, 15) is 4.79 Å². The number of anilines is 2. The van der Waals surface area contributed by atoms with Gasteiger partial charge in [0.15, 0.2) is 0 Å². The monoisotopic (exact) mass is 399 g/mol. The SMILES string of the molecule is CN1CC(=O)N(C2CCCC2)Cc2c(NCCc3ccc(Cl)cc3)ncnc21. The van der Waals surface area contributed by atoms with Crippen LogP contribution < -0.4 is 10.2 Å². The Kier molecular flexibility index (Phi) is 5.67. The molecule has 1 saturated carbocycles. The zero-order valence-corrected chi connectivity index (χ0v) is 17.0. The molecule has 1 aliphatic heterocycles. The molecule has 0 spiro atoms. The Morgan fingerprint density at radius 1 is 1.14 bits per heavy atom. The molecule has 1 aromatic carbocycles. The molecule has 2 aromatic rings. The van der Waals surface area contributed by atoms with Crippen LogP contribution in [0.5, 0.6) is 0 Å². The van der Waals surface area contributed by atoms with Gasteiger partial charge in [-0.15, -0.1) is 0 Å². The predicted molar refractivity (Wildman–Crippen MR) is 112 cm³/mol. The number of halogens is 1. The third kappa shape index (κ3) is 4.07. The standard InChI is InChI=1S/C21H26ClN5O/c1-26-13-19(28)27(17-4-2-3-5-17)12-18-20(24-14-25-21(18)26)23-11-10-15-6-8-16(22)9-7-15/h6-9,14,17H,2-5,10-13H2,1H3,(H,23,24,25). The molecule has 6 nitrogen and oxygen atoms in total. The minimum absolute atomic E-state index is 0.180. The van der Waals surface area contributed by atoms with Crippen molar-refractivity contribution in [2.75, 3.05) is 30.4 Å². The number of carbonyl (C=O) groups is 1. The second-order valence-corrected chi connectivity index (χ2v) is 8.08. The topological polar surface area (TPSA) is 61.4 Å². The van der Waals surface area contributed by atoms with Crippen LogP contribution in [0.3, 0.4) is 0 Å². The first-order chi connectivity index (χ1) is 13.6. The summed E-state index contributed by atoms with van der Waals surface area (Å²) < 4.78 is 0. The quantitative estimate of drug-likeness (QED) is 0.833. The lowest BCUT2D eigenvalue weighted by atomic mass is 10.1. The lowest BCUT2D eigenvalue weighted by molar-refractivity contribution is -0.132. The summed E-state index contributed by atoms with van der Waals surface area (Å²) in [5, 5.41) is 4.21. The summed E-state index contributed by atoms with van der Waals surface area (Å²) in [6, 6.07) is 8.24. The second-order valence-electron chi connectivity index (χ2n) is 7.64. The van der Waals surface area contributed by atoms with Crippen LogP contribution in [0.1, 0.15) is 36.8 Å². The fourth-order valence-corrected chi connectivity index (χ4v) is 4.31. The molecule has 0 unspecified atom stereocenters. The molecular formula is C21H26ClN5O. The van der Waals surface area contributed by atoms with E-state index >= 15 is 0 Å². The highest BCUT2D eigenvalue weighted by atomic mass is 35.5. The minimum Gasteiger partial charge on any atom is -0.369 e. The molecule has 1 aliphatic carbocycles. The summed E-state index contributed by atoms with van der Waals surface area (Å²) in [5.41, 5.74) is 2.23. The van der Waals surface area contributed by atoms with Crippen LogP contribution in [0.15, 0.2) is 30.6 Å². The zero-order valence-electron chi connectivity index (χ0n) is 16.2. The number of amides is 1. The summed E-state index contributed by atoms with van der Waals surface area (Å²) in [7, 11) is 1.93. The molecule has 0 saturated heterocycles. The van der Waals surface area contributed by atoms with Crippen molar-refractivity contribution in [1.82, 2.24) is 14.9 Å². The maximum Gasteiger partial charge on any atom is 0.242 e. The van der Waals surface area contributed by atoms with Gasteiger partial charge in [-0.2, -0.15) is 0 Å². The van der Waals surface area contributed by atoms with Gasteiger partial charge in [-0.05, 0) is 37.0 Å². The number of carbonyl (C=O) groups excluding carboxylic acids is 1. The van der Waals surface area contributed by atoms with Crippen molar-refractivity contribution in [3.05, 3.63) is 46.7 Å². The average Bonchev–Trinajstić information content (AvgIpc) is 3.18. The largest absolute Gasteiger partial charge is 0.369 e. The van der Waals surface area contributed by atoms with E-state index in [1.54, 1.807) is 6.33 Å². The Labute approximate surface area is 170 Å².